The number of rotatable bonds is 3. The van der Waals surface area contributed by atoms with Gasteiger partial charge in [-0.3, -0.25) is 4.79 Å². The summed E-state index contributed by atoms with van der Waals surface area (Å²) < 4.78 is 0. The monoisotopic (exact) mass is 270 g/mol. The maximum atomic E-state index is 12.3. The predicted octanol–water partition coefficient (Wildman–Crippen LogP) is 3.61. The van der Waals surface area contributed by atoms with Crippen LogP contribution in [0.15, 0.2) is 30.5 Å². The lowest BCUT2D eigenvalue weighted by molar-refractivity contribution is -0.126. The van der Waals surface area contributed by atoms with E-state index in [1.54, 1.807) is 0 Å². The van der Waals surface area contributed by atoms with Crippen molar-refractivity contribution in [2.75, 3.05) is 0 Å². The Labute approximate surface area is 119 Å². The summed E-state index contributed by atoms with van der Waals surface area (Å²) in [5, 5.41) is 4.31. The lowest BCUT2D eigenvalue weighted by Gasteiger charge is -2.25. The lowest BCUT2D eigenvalue weighted by atomic mass is 9.82. The molecule has 0 spiro atoms. The van der Waals surface area contributed by atoms with E-state index < -0.39 is 0 Å². The number of aromatic amines is 1. The molecule has 2 N–H and O–H groups in total. The molecule has 106 valence electrons. The molecule has 2 aromatic rings. The molecule has 3 rings (SSSR count). The van der Waals surface area contributed by atoms with Gasteiger partial charge in [0.1, 0.15) is 0 Å². The molecule has 0 aliphatic heterocycles. The van der Waals surface area contributed by atoms with Crippen molar-refractivity contribution < 1.29 is 4.79 Å². The number of hydrogen-bond acceptors (Lipinski definition) is 1. The Morgan fingerprint density at radius 2 is 2.20 bits per heavy atom. The fraction of sp³-hybridized carbons (Fsp3) is 0.471. The van der Waals surface area contributed by atoms with Crippen molar-refractivity contribution in [3.05, 3.63) is 36.0 Å². The second-order valence-electron chi connectivity index (χ2n) is 6.05. The van der Waals surface area contributed by atoms with E-state index in [2.05, 4.69) is 29.4 Å². The van der Waals surface area contributed by atoms with Crippen molar-refractivity contribution in [3.8, 4) is 0 Å². The zero-order valence-corrected chi connectivity index (χ0v) is 12.0. The van der Waals surface area contributed by atoms with Crippen LogP contribution in [0.4, 0.5) is 0 Å². The Bertz CT molecular complexity index is 602. The van der Waals surface area contributed by atoms with Crippen molar-refractivity contribution in [1.82, 2.24) is 10.3 Å². The average Bonchev–Trinajstić information content (AvgIpc) is 2.88. The van der Waals surface area contributed by atoms with Crippen LogP contribution in [0, 0.1) is 11.8 Å². The number of amides is 1. The maximum Gasteiger partial charge on any atom is 0.223 e. The number of carbonyl (C=O) groups is 1. The molecule has 0 bridgehead atoms. The molecular formula is C17H22N2O. The van der Waals surface area contributed by atoms with Gasteiger partial charge in [-0.15, -0.1) is 0 Å². The van der Waals surface area contributed by atoms with Crippen LogP contribution in [0.3, 0.4) is 0 Å². The van der Waals surface area contributed by atoms with Crippen LogP contribution in [-0.4, -0.2) is 10.9 Å². The van der Waals surface area contributed by atoms with Crippen molar-refractivity contribution in [3.63, 3.8) is 0 Å². The van der Waals surface area contributed by atoms with Crippen LogP contribution in [0.1, 0.15) is 38.2 Å². The Kier molecular flexibility index (Phi) is 3.77. The normalized spacial score (nSPS) is 22.9. The molecule has 1 heterocycles. The van der Waals surface area contributed by atoms with Gasteiger partial charge in [-0.05, 0) is 30.4 Å². The minimum absolute atomic E-state index is 0.212. The molecule has 1 saturated carbocycles. The van der Waals surface area contributed by atoms with Gasteiger partial charge in [-0.1, -0.05) is 38.0 Å². The molecule has 1 aromatic carbocycles. The zero-order valence-electron chi connectivity index (χ0n) is 12.0. The van der Waals surface area contributed by atoms with Crippen LogP contribution in [0.2, 0.25) is 0 Å². The molecular weight excluding hydrogens is 248 g/mol. The Morgan fingerprint density at radius 1 is 1.35 bits per heavy atom. The number of aromatic nitrogens is 1. The van der Waals surface area contributed by atoms with Gasteiger partial charge in [0, 0.05) is 29.6 Å². The highest BCUT2D eigenvalue weighted by Gasteiger charge is 2.24. The summed E-state index contributed by atoms with van der Waals surface area (Å²) in [4.78, 5) is 15.5. The summed E-state index contributed by atoms with van der Waals surface area (Å²) >= 11 is 0. The van der Waals surface area contributed by atoms with Gasteiger partial charge in [0.05, 0.1) is 0 Å². The fourth-order valence-electron chi connectivity index (χ4n) is 3.28. The van der Waals surface area contributed by atoms with E-state index in [0.29, 0.717) is 12.5 Å². The second-order valence-corrected chi connectivity index (χ2v) is 6.05. The van der Waals surface area contributed by atoms with E-state index >= 15 is 0 Å². The molecule has 0 saturated heterocycles. The third-order valence-corrected chi connectivity index (χ3v) is 4.44. The number of carbonyl (C=O) groups excluding carboxylic acids is 1. The van der Waals surface area contributed by atoms with Gasteiger partial charge < -0.3 is 10.3 Å². The molecule has 0 radical (unpaired) electrons. The summed E-state index contributed by atoms with van der Waals surface area (Å²) in [6, 6.07) is 8.20. The van der Waals surface area contributed by atoms with Crippen molar-refractivity contribution in [1.29, 1.82) is 0 Å². The Hall–Kier alpha value is -1.77. The second kappa shape index (κ2) is 5.70. The van der Waals surface area contributed by atoms with Gasteiger partial charge in [0.25, 0.3) is 0 Å². The summed E-state index contributed by atoms with van der Waals surface area (Å²) in [5.41, 5.74) is 2.29. The van der Waals surface area contributed by atoms with Crippen molar-refractivity contribution in [2.45, 2.75) is 39.2 Å². The molecule has 1 aromatic heterocycles. The molecule has 2 unspecified atom stereocenters. The highest BCUT2D eigenvalue weighted by Crippen LogP contribution is 2.28. The highest BCUT2D eigenvalue weighted by atomic mass is 16.1. The van der Waals surface area contributed by atoms with Crippen molar-refractivity contribution >= 4 is 16.8 Å². The molecule has 1 fully saturated rings. The largest absolute Gasteiger partial charge is 0.361 e. The molecule has 1 aliphatic rings. The van der Waals surface area contributed by atoms with Crippen molar-refractivity contribution in [2.24, 2.45) is 11.8 Å². The molecule has 1 aliphatic carbocycles. The third-order valence-electron chi connectivity index (χ3n) is 4.44. The Morgan fingerprint density at radius 3 is 3.05 bits per heavy atom. The molecule has 20 heavy (non-hydrogen) atoms. The first-order chi connectivity index (χ1) is 9.74. The van der Waals surface area contributed by atoms with Crippen LogP contribution >= 0.6 is 0 Å². The van der Waals surface area contributed by atoms with E-state index in [9.17, 15) is 4.79 Å². The molecule has 3 heteroatoms. The number of H-pyrrole nitrogens is 1. The summed E-state index contributed by atoms with van der Waals surface area (Å²) in [5.74, 6) is 1.12. The number of benzene rings is 1. The predicted molar refractivity (Wildman–Crippen MR) is 81.3 cm³/mol. The number of hydrogen-bond donors (Lipinski definition) is 2. The number of nitrogens with one attached hydrogen (secondary N) is 2. The minimum Gasteiger partial charge on any atom is -0.361 e. The first-order valence-corrected chi connectivity index (χ1v) is 7.56. The average molecular weight is 270 g/mol. The maximum absolute atomic E-state index is 12.3. The summed E-state index contributed by atoms with van der Waals surface area (Å²) in [6.45, 7) is 2.87. The van der Waals surface area contributed by atoms with Gasteiger partial charge in [0.2, 0.25) is 5.91 Å². The van der Waals surface area contributed by atoms with Crippen LogP contribution in [0.25, 0.3) is 10.9 Å². The van der Waals surface area contributed by atoms with Gasteiger partial charge in [-0.2, -0.15) is 0 Å². The van der Waals surface area contributed by atoms with Crippen LogP contribution in [-0.2, 0) is 11.3 Å². The minimum atomic E-state index is 0.212. The van der Waals surface area contributed by atoms with Gasteiger partial charge >= 0.3 is 0 Å². The summed E-state index contributed by atoms with van der Waals surface area (Å²) in [7, 11) is 0. The fourth-order valence-corrected chi connectivity index (χ4v) is 3.28. The molecule has 3 nitrogen and oxygen atoms in total. The van der Waals surface area contributed by atoms with E-state index in [1.165, 1.54) is 18.2 Å². The SMILES string of the molecule is CC1CCCC(C(=O)NCc2c[nH]c3ccccc23)C1. The van der Waals surface area contributed by atoms with E-state index in [-0.39, 0.29) is 11.8 Å². The van der Waals surface area contributed by atoms with E-state index in [0.717, 1.165) is 23.9 Å². The first kappa shape index (κ1) is 13.2. The van der Waals surface area contributed by atoms with Crippen LogP contribution in [0.5, 0.6) is 0 Å². The number of para-hydroxylation sites is 1. The quantitative estimate of drug-likeness (QED) is 0.879. The number of fused-ring (bicyclic) bond motifs is 1. The molecule has 2 atom stereocenters. The summed E-state index contributed by atoms with van der Waals surface area (Å²) in [6.07, 6.45) is 6.54. The standard InChI is InChI=1S/C17H22N2O/c1-12-5-4-6-13(9-12)17(20)19-11-14-10-18-16-8-3-2-7-15(14)16/h2-3,7-8,10,12-13,18H,4-6,9,11H2,1H3,(H,19,20). The first-order valence-electron chi connectivity index (χ1n) is 7.56. The smallest absolute Gasteiger partial charge is 0.223 e. The van der Waals surface area contributed by atoms with Gasteiger partial charge in [0.15, 0.2) is 0 Å². The van der Waals surface area contributed by atoms with Gasteiger partial charge in [-0.25, -0.2) is 0 Å². The Balaban J connectivity index is 1.63. The third kappa shape index (κ3) is 2.72. The zero-order chi connectivity index (χ0) is 13.9. The topological polar surface area (TPSA) is 44.9 Å². The lowest BCUT2D eigenvalue weighted by Crippen LogP contribution is -2.33. The van der Waals surface area contributed by atoms with E-state index in [1.807, 2.05) is 18.3 Å². The highest BCUT2D eigenvalue weighted by molar-refractivity contribution is 5.84. The molecule has 1 amide bonds. The van der Waals surface area contributed by atoms with Crippen LogP contribution < -0.4 is 5.32 Å². The van der Waals surface area contributed by atoms with E-state index in [4.69, 9.17) is 0 Å².